The molecule has 0 bridgehead atoms. The molecule has 1 aromatic heterocycles. The summed E-state index contributed by atoms with van der Waals surface area (Å²) in [5.74, 6) is 1.12. The summed E-state index contributed by atoms with van der Waals surface area (Å²) in [6, 6.07) is 8.19. The highest BCUT2D eigenvalue weighted by atomic mass is 16.2. The fourth-order valence-corrected chi connectivity index (χ4v) is 3.63. The molecule has 5 nitrogen and oxygen atoms in total. The first kappa shape index (κ1) is 17.6. The van der Waals surface area contributed by atoms with Crippen molar-refractivity contribution in [3.8, 4) is 0 Å². The molecule has 3 rings (SSSR count). The quantitative estimate of drug-likeness (QED) is 0.905. The Hall–Kier alpha value is -2.17. The number of benzene rings is 1. The van der Waals surface area contributed by atoms with Crippen molar-refractivity contribution in [1.82, 2.24) is 15.3 Å². The van der Waals surface area contributed by atoms with Crippen LogP contribution in [-0.4, -0.2) is 35.0 Å². The van der Waals surface area contributed by atoms with Crippen LogP contribution in [0.1, 0.15) is 45.2 Å². The van der Waals surface area contributed by atoms with Gasteiger partial charge in [-0.1, -0.05) is 25.5 Å². The number of rotatable bonds is 5. The van der Waals surface area contributed by atoms with Gasteiger partial charge in [-0.2, -0.15) is 0 Å². The van der Waals surface area contributed by atoms with Gasteiger partial charge < -0.3 is 10.2 Å². The number of anilines is 1. The summed E-state index contributed by atoms with van der Waals surface area (Å²) < 4.78 is 0. The number of piperidine rings is 1. The zero-order valence-electron chi connectivity index (χ0n) is 15.5. The lowest BCUT2D eigenvalue weighted by molar-refractivity contribution is -0.125. The minimum Gasteiger partial charge on any atom is -0.354 e. The van der Waals surface area contributed by atoms with Gasteiger partial charge in [0.2, 0.25) is 5.91 Å². The first-order valence-electron chi connectivity index (χ1n) is 9.37. The Morgan fingerprint density at radius 2 is 2.04 bits per heavy atom. The molecule has 1 aliphatic heterocycles. The van der Waals surface area contributed by atoms with E-state index >= 15 is 0 Å². The summed E-state index contributed by atoms with van der Waals surface area (Å²) in [7, 11) is 0. The molecule has 1 saturated heterocycles. The van der Waals surface area contributed by atoms with Gasteiger partial charge in [-0.15, -0.1) is 0 Å². The van der Waals surface area contributed by atoms with Gasteiger partial charge >= 0.3 is 0 Å². The highest BCUT2D eigenvalue weighted by molar-refractivity contribution is 5.80. The molecule has 0 radical (unpaired) electrons. The minimum atomic E-state index is 0.0285. The van der Waals surface area contributed by atoms with Crippen LogP contribution >= 0.6 is 0 Å². The highest BCUT2D eigenvalue weighted by Gasteiger charge is 2.28. The lowest BCUT2D eigenvalue weighted by Crippen LogP contribution is -2.45. The molecule has 1 fully saturated rings. The number of fused-ring (bicyclic) bond motifs is 1. The number of nitrogens with one attached hydrogen (secondary N) is 1. The summed E-state index contributed by atoms with van der Waals surface area (Å²) >= 11 is 0. The number of hydrogen-bond donors (Lipinski definition) is 1. The van der Waals surface area contributed by atoms with E-state index in [-0.39, 0.29) is 17.9 Å². The van der Waals surface area contributed by atoms with Gasteiger partial charge in [0.25, 0.3) is 0 Å². The number of aryl methyl sites for hydroxylation is 1. The number of amides is 1. The Morgan fingerprint density at radius 3 is 2.76 bits per heavy atom. The monoisotopic (exact) mass is 340 g/mol. The van der Waals surface area contributed by atoms with Crippen molar-refractivity contribution in [3.05, 3.63) is 30.0 Å². The van der Waals surface area contributed by atoms with Gasteiger partial charge in [0, 0.05) is 19.1 Å². The van der Waals surface area contributed by atoms with Crippen LogP contribution in [0.15, 0.2) is 24.3 Å². The molecule has 0 saturated carbocycles. The standard InChI is InChI=1S/C20H28N4O/c1-4-8-14(2)21-20(25)16-9-7-12-24(13-16)19-15(3)22-17-10-5-6-11-18(17)23-19/h5-6,10-11,14,16H,4,7-9,12-13H2,1-3H3,(H,21,25). The van der Waals surface area contributed by atoms with Gasteiger partial charge in [0.05, 0.1) is 22.6 Å². The van der Waals surface area contributed by atoms with Crippen LogP contribution in [-0.2, 0) is 4.79 Å². The molecule has 2 unspecified atom stereocenters. The van der Waals surface area contributed by atoms with Gasteiger partial charge in [-0.25, -0.2) is 9.97 Å². The van der Waals surface area contributed by atoms with Crippen LogP contribution < -0.4 is 10.2 Å². The maximum atomic E-state index is 12.6. The molecule has 5 heteroatoms. The van der Waals surface area contributed by atoms with Gasteiger partial charge in [-0.3, -0.25) is 4.79 Å². The predicted molar refractivity (Wildman–Crippen MR) is 102 cm³/mol. The van der Waals surface area contributed by atoms with Crippen molar-refractivity contribution in [2.45, 2.75) is 52.5 Å². The SMILES string of the molecule is CCCC(C)NC(=O)C1CCCN(c2nc3ccccc3nc2C)C1. The molecule has 1 aromatic carbocycles. The Balaban J connectivity index is 1.75. The molecule has 0 spiro atoms. The van der Waals surface area contributed by atoms with Gasteiger partial charge in [0.1, 0.15) is 0 Å². The molecule has 1 N–H and O–H groups in total. The number of nitrogens with zero attached hydrogens (tertiary/aromatic N) is 3. The summed E-state index contributed by atoms with van der Waals surface area (Å²) in [5, 5.41) is 3.17. The van der Waals surface area contributed by atoms with Crippen LogP contribution in [0.5, 0.6) is 0 Å². The van der Waals surface area contributed by atoms with E-state index in [2.05, 4.69) is 29.0 Å². The normalized spacial score (nSPS) is 19.0. The second-order valence-corrected chi connectivity index (χ2v) is 7.10. The largest absolute Gasteiger partial charge is 0.354 e. The van der Waals surface area contributed by atoms with E-state index in [4.69, 9.17) is 4.98 Å². The Morgan fingerprint density at radius 1 is 1.32 bits per heavy atom. The first-order valence-corrected chi connectivity index (χ1v) is 9.37. The van der Waals surface area contributed by atoms with Gasteiger partial charge in [-0.05, 0) is 45.2 Å². The minimum absolute atomic E-state index is 0.0285. The summed E-state index contributed by atoms with van der Waals surface area (Å²) in [5.41, 5.74) is 2.76. The van der Waals surface area contributed by atoms with E-state index in [1.54, 1.807) is 0 Å². The maximum Gasteiger partial charge on any atom is 0.225 e. The average molecular weight is 340 g/mol. The fraction of sp³-hybridized carbons (Fsp3) is 0.550. The van der Waals surface area contributed by atoms with Crippen LogP contribution in [0.3, 0.4) is 0 Å². The van der Waals surface area contributed by atoms with Crippen LogP contribution in [0.2, 0.25) is 0 Å². The second-order valence-electron chi connectivity index (χ2n) is 7.10. The van der Waals surface area contributed by atoms with E-state index < -0.39 is 0 Å². The number of aromatic nitrogens is 2. The second kappa shape index (κ2) is 7.81. The van der Waals surface area contributed by atoms with Crippen LogP contribution in [0.4, 0.5) is 5.82 Å². The van der Waals surface area contributed by atoms with Crippen molar-refractivity contribution < 1.29 is 4.79 Å². The van der Waals surface area contributed by atoms with Crippen LogP contribution in [0.25, 0.3) is 11.0 Å². The smallest absolute Gasteiger partial charge is 0.225 e. The molecule has 2 atom stereocenters. The molecular formula is C20H28N4O. The molecule has 134 valence electrons. The number of carbonyl (C=O) groups is 1. The van der Waals surface area contributed by atoms with Crippen molar-refractivity contribution in [3.63, 3.8) is 0 Å². The lowest BCUT2D eigenvalue weighted by atomic mass is 9.96. The lowest BCUT2D eigenvalue weighted by Gasteiger charge is -2.34. The zero-order chi connectivity index (χ0) is 17.8. The third-order valence-electron chi connectivity index (χ3n) is 4.92. The van der Waals surface area contributed by atoms with E-state index in [1.807, 2.05) is 31.2 Å². The number of carbonyl (C=O) groups excluding carboxylic acids is 1. The average Bonchev–Trinajstić information content (AvgIpc) is 2.61. The highest BCUT2D eigenvalue weighted by Crippen LogP contribution is 2.25. The summed E-state index contributed by atoms with van der Waals surface area (Å²) in [4.78, 5) is 24.3. The first-order chi connectivity index (χ1) is 12.1. The third kappa shape index (κ3) is 4.09. The molecule has 1 amide bonds. The molecule has 1 aliphatic rings. The van der Waals surface area contributed by atoms with Gasteiger partial charge in [0.15, 0.2) is 5.82 Å². The molecule has 0 aliphatic carbocycles. The van der Waals surface area contributed by atoms with E-state index in [0.29, 0.717) is 0 Å². The van der Waals surface area contributed by atoms with E-state index in [0.717, 1.165) is 61.3 Å². The predicted octanol–water partition coefficient (Wildman–Crippen LogP) is 3.46. The van der Waals surface area contributed by atoms with Crippen molar-refractivity contribution >= 4 is 22.8 Å². The molecule has 2 aromatic rings. The topological polar surface area (TPSA) is 58.1 Å². The number of para-hydroxylation sites is 2. The molecule has 25 heavy (non-hydrogen) atoms. The Kier molecular flexibility index (Phi) is 5.51. The maximum absolute atomic E-state index is 12.6. The van der Waals surface area contributed by atoms with Crippen molar-refractivity contribution in [1.29, 1.82) is 0 Å². The third-order valence-corrected chi connectivity index (χ3v) is 4.92. The molecular weight excluding hydrogens is 312 g/mol. The van der Waals surface area contributed by atoms with E-state index in [9.17, 15) is 4.79 Å². The summed E-state index contributed by atoms with van der Waals surface area (Å²) in [6.45, 7) is 7.88. The fourth-order valence-electron chi connectivity index (χ4n) is 3.63. The van der Waals surface area contributed by atoms with Crippen molar-refractivity contribution in [2.75, 3.05) is 18.0 Å². The number of hydrogen-bond acceptors (Lipinski definition) is 4. The Labute approximate surface area is 149 Å². The van der Waals surface area contributed by atoms with Crippen molar-refractivity contribution in [2.24, 2.45) is 5.92 Å². The Bertz CT molecular complexity index is 746. The summed E-state index contributed by atoms with van der Waals surface area (Å²) in [6.07, 6.45) is 4.07. The van der Waals surface area contributed by atoms with E-state index in [1.165, 1.54) is 0 Å². The zero-order valence-corrected chi connectivity index (χ0v) is 15.5. The van der Waals surface area contributed by atoms with Crippen LogP contribution in [0, 0.1) is 12.8 Å². The molecule has 2 heterocycles.